The van der Waals surface area contributed by atoms with Gasteiger partial charge in [-0.3, -0.25) is 14.7 Å². The number of hydrogen-bond donors (Lipinski definition) is 1. The second-order valence-electron chi connectivity index (χ2n) is 8.89. The van der Waals surface area contributed by atoms with Crippen LogP contribution < -0.4 is 10.3 Å². The van der Waals surface area contributed by atoms with Crippen LogP contribution >= 0.6 is 0 Å². The average Bonchev–Trinajstić information content (AvgIpc) is 2.98. The number of rotatable bonds is 3. The van der Waals surface area contributed by atoms with Gasteiger partial charge in [-0.15, -0.1) is 0 Å². The van der Waals surface area contributed by atoms with E-state index in [9.17, 15) is 4.79 Å². The van der Waals surface area contributed by atoms with Gasteiger partial charge in [-0.2, -0.15) is 0 Å². The summed E-state index contributed by atoms with van der Waals surface area (Å²) in [5.41, 5.74) is 2.75. The number of aryl methyl sites for hydroxylation is 1. The van der Waals surface area contributed by atoms with Crippen molar-refractivity contribution in [1.29, 1.82) is 0 Å². The normalized spacial score (nSPS) is 29.5. The fraction of sp³-hybridized carbons (Fsp3) is 0.591. The van der Waals surface area contributed by atoms with Crippen molar-refractivity contribution in [3.8, 4) is 0 Å². The molecule has 1 N–H and O–H groups in total. The van der Waals surface area contributed by atoms with Crippen LogP contribution in [0.2, 0.25) is 0 Å². The van der Waals surface area contributed by atoms with Gasteiger partial charge in [0, 0.05) is 67.1 Å². The summed E-state index contributed by atoms with van der Waals surface area (Å²) in [5.74, 6) is 0.942. The number of nitrogens with one attached hydrogen (secondary N) is 1. The molecule has 5 rings (SSSR count). The van der Waals surface area contributed by atoms with Crippen molar-refractivity contribution in [2.45, 2.75) is 63.8 Å². The van der Waals surface area contributed by atoms with E-state index in [2.05, 4.69) is 24.8 Å². The Morgan fingerprint density at radius 3 is 2.76 bits per heavy atom. The number of anilines is 1. The van der Waals surface area contributed by atoms with Crippen LogP contribution in [0.1, 0.15) is 42.5 Å². The molecule has 2 bridgehead atoms. The lowest BCUT2D eigenvalue weighted by Gasteiger charge is -2.50. The minimum absolute atomic E-state index is 0.103. The van der Waals surface area contributed by atoms with Gasteiger partial charge < -0.3 is 14.6 Å². The minimum atomic E-state index is -0.103. The summed E-state index contributed by atoms with van der Waals surface area (Å²) >= 11 is 0. The third-order valence-electron chi connectivity index (χ3n) is 7.06. The molecule has 3 saturated heterocycles. The Morgan fingerprint density at radius 2 is 2.03 bits per heavy atom. The monoisotopic (exact) mass is 395 g/mol. The van der Waals surface area contributed by atoms with E-state index in [1.165, 1.54) is 12.8 Å². The summed E-state index contributed by atoms with van der Waals surface area (Å²) < 4.78 is 6.42. The van der Waals surface area contributed by atoms with Crippen LogP contribution in [0.5, 0.6) is 0 Å². The zero-order valence-electron chi connectivity index (χ0n) is 17.2. The Bertz CT molecular complexity index is 930. The molecular weight excluding hydrogens is 366 g/mol. The molecule has 2 aromatic rings. The molecule has 1 spiro atoms. The molecule has 3 aliphatic rings. The molecular formula is C22H29N5O2. The first-order valence-electron chi connectivity index (χ1n) is 10.6. The highest BCUT2D eigenvalue weighted by molar-refractivity contribution is 5.37. The van der Waals surface area contributed by atoms with Crippen molar-refractivity contribution in [1.82, 2.24) is 19.9 Å². The Hall–Kier alpha value is -2.25. The van der Waals surface area contributed by atoms with Crippen molar-refractivity contribution in [2.24, 2.45) is 0 Å². The van der Waals surface area contributed by atoms with Gasteiger partial charge in [0.2, 0.25) is 0 Å². The molecule has 0 radical (unpaired) electrons. The second kappa shape index (κ2) is 7.22. The second-order valence-corrected chi connectivity index (χ2v) is 8.89. The molecule has 3 atom stereocenters. The molecule has 5 heterocycles. The quantitative estimate of drug-likeness (QED) is 0.859. The summed E-state index contributed by atoms with van der Waals surface area (Å²) in [7, 11) is 0. The number of piperidine rings is 1. The van der Waals surface area contributed by atoms with Crippen LogP contribution in [0, 0.1) is 13.8 Å². The Labute approximate surface area is 171 Å². The molecule has 154 valence electrons. The van der Waals surface area contributed by atoms with Crippen LogP contribution in [0.3, 0.4) is 0 Å². The van der Waals surface area contributed by atoms with E-state index < -0.39 is 0 Å². The molecule has 0 aliphatic carbocycles. The maximum Gasteiger partial charge on any atom is 0.187 e. The third-order valence-corrected chi connectivity index (χ3v) is 7.06. The van der Waals surface area contributed by atoms with Crippen LogP contribution in [-0.2, 0) is 11.3 Å². The van der Waals surface area contributed by atoms with Gasteiger partial charge in [0.1, 0.15) is 5.82 Å². The SMILES string of the molecule is Cc1c[nH]c(CN2[C@@H]3CC[C@H]2CC2(C3)CN(c3cnccn3)CCO2)c(C)c1=O. The van der Waals surface area contributed by atoms with E-state index in [1.54, 1.807) is 12.4 Å². The van der Waals surface area contributed by atoms with Crippen molar-refractivity contribution in [3.05, 3.63) is 51.8 Å². The number of fused-ring (bicyclic) bond motifs is 2. The number of morpholine rings is 1. The Balaban J connectivity index is 1.34. The largest absolute Gasteiger partial charge is 0.371 e. The number of pyridine rings is 1. The first-order valence-corrected chi connectivity index (χ1v) is 10.6. The zero-order valence-corrected chi connectivity index (χ0v) is 17.2. The molecule has 0 aromatic carbocycles. The van der Waals surface area contributed by atoms with Gasteiger partial charge >= 0.3 is 0 Å². The number of H-pyrrole nitrogens is 1. The van der Waals surface area contributed by atoms with E-state index in [0.717, 1.165) is 61.7 Å². The highest BCUT2D eigenvalue weighted by Crippen LogP contribution is 2.44. The molecule has 3 fully saturated rings. The van der Waals surface area contributed by atoms with Gasteiger partial charge in [0.05, 0.1) is 18.4 Å². The lowest BCUT2D eigenvalue weighted by molar-refractivity contribution is -0.112. The van der Waals surface area contributed by atoms with Crippen molar-refractivity contribution >= 4 is 5.82 Å². The van der Waals surface area contributed by atoms with E-state index in [0.29, 0.717) is 12.1 Å². The Kier molecular flexibility index (Phi) is 4.67. The number of hydrogen-bond acceptors (Lipinski definition) is 6. The molecule has 1 unspecified atom stereocenters. The van der Waals surface area contributed by atoms with Crippen LogP contribution in [-0.4, -0.2) is 57.2 Å². The summed E-state index contributed by atoms with van der Waals surface area (Å²) in [6, 6.07) is 1.000. The van der Waals surface area contributed by atoms with Gasteiger partial charge in [-0.05, 0) is 39.5 Å². The maximum absolute atomic E-state index is 12.3. The topological polar surface area (TPSA) is 74.3 Å². The van der Waals surface area contributed by atoms with E-state index in [-0.39, 0.29) is 11.0 Å². The predicted octanol–water partition coefficient (Wildman–Crippen LogP) is 2.18. The zero-order chi connectivity index (χ0) is 20.0. The first-order chi connectivity index (χ1) is 14.0. The minimum Gasteiger partial charge on any atom is -0.371 e. The molecule has 0 amide bonds. The van der Waals surface area contributed by atoms with Crippen LogP contribution in [0.4, 0.5) is 5.82 Å². The summed E-state index contributed by atoms with van der Waals surface area (Å²) in [6.45, 7) is 7.11. The van der Waals surface area contributed by atoms with Crippen molar-refractivity contribution in [2.75, 3.05) is 24.6 Å². The number of nitrogens with zero attached hydrogens (tertiary/aromatic N) is 4. The number of ether oxygens (including phenoxy) is 1. The first kappa shape index (κ1) is 18.8. The third kappa shape index (κ3) is 3.36. The van der Waals surface area contributed by atoms with Crippen molar-refractivity contribution < 1.29 is 4.74 Å². The predicted molar refractivity (Wildman–Crippen MR) is 111 cm³/mol. The molecule has 29 heavy (non-hydrogen) atoms. The van der Waals surface area contributed by atoms with E-state index >= 15 is 0 Å². The highest BCUT2D eigenvalue weighted by Gasteiger charge is 2.51. The van der Waals surface area contributed by atoms with Crippen LogP contribution in [0.25, 0.3) is 0 Å². The standard InChI is InChI=1S/C22H29N5O2/c1-15-11-25-19(16(2)21(15)28)13-27-17-3-4-18(27)10-22(9-17)14-26(7-8-29-22)20-12-23-5-6-24-20/h5-6,11-12,17-18H,3-4,7-10,13-14H2,1-2H3,(H,25,28)/t17-,18+,22?. The lowest BCUT2D eigenvalue weighted by Crippen LogP contribution is -2.60. The summed E-state index contributed by atoms with van der Waals surface area (Å²) in [4.78, 5) is 29.4. The maximum atomic E-state index is 12.3. The molecule has 3 aliphatic heterocycles. The van der Waals surface area contributed by atoms with E-state index in [4.69, 9.17) is 4.74 Å². The van der Waals surface area contributed by atoms with Gasteiger partial charge in [0.15, 0.2) is 5.43 Å². The van der Waals surface area contributed by atoms with Gasteiger partial charge in [-0.1, -0.05) is 0 Å². The summed E-state index contributed by atoms with van der Waals surface area (Å²) in [6.07, 6.45) is 11.7. The fourth-order valence-electron chi connectivity index (χ4n) is 5.54. The lowest BCUT2D eigenvalue weighted by atomic mass is 9.84. The number of aromatic nitrogens is 3. The number of aromatic amines is 1. The molecule has 7 heteroatoms. The van der Waals surface area contributed by atoms with Crippen LogP contribution in [0.15, 0.2) is 29.6 Å². The summed E-state index contributed by atoms with van der Waals surface area (Å²) in [5, 5.41) is 0. The molecule has 0 saturated carbocycles. The van der Waals surface area contributed by atoms with Gasteiger partial charge in [-0.25, -0.2) is 4.98 Å². The Morgan fingerprint density at radius 1 is 1.24 bits per heavy atom. The van der Waals surface area contributed by atoms with Gasteiger partial charge in [0.25, 0.3) is 0 Å². The fourth-order valence-corrected chi connectivity index (χ4v) is 5.54. The molecule has 7 nitrogen and oxygen atoms in total. The molecule has 2 aromatic heterocycles. The smallest absolute Gasteiger partial charge is 0.187 e. The van der Waals surface area contributed by atoms with Crippen molar-refractivity contribution in [3.63, 3.8) is 0 Å². The average molecular weight is 396 g/mol. The van der Waals surface area contributed by atoms with E-state index in [1.807, 2.05) is 26.2 Å². The highest BCUT2D eigenvalue weighted by atomic mass is 16.5.